The molecule has 0 bridgehead atoms. The lowest BCUT2D eigenvalue weighted by Gasteiger charge is -2.59. The number of carbonyl (C=O) groups excluding carboxylic acids is 3. The van der Waals surface area contributed by atoms with Crippen LogP contribution in [0.4, 0.5) is 5.82 Å². The Morgan fingerprint density at radius 3 is 1.89 bits per heavy atom. The molecule has 3 saturated carbocycles. The molecule has 2 aromatic heterocycles. The number of hydrogen-bond donors (Lipinski definition) is 2. The van der Waals surface area contributed by atoms with Crippen molar-refractivity contribution in [1.29, 1.82) is 0 Å². The van der Waals surface area contributed by atoms with Gasteiger partial charge in [-0.2, -0.15) is 0 Å². The van der Waals surface area contributed by atoms with Crippen LogP contribution in [0.2, 0.25) is 0 Å². The molecular weight excluding hydrogens is 817 g/mol. The van der Waals surface area contributed by atoms with E-state index in [0.717, 1.165) is 113 Å². The first-order chi connectivity index (χ1) is 31.5. The van der Waals surface area contributed by atoms with Crippen LogP contribution in [-0.4, -0.2) is 141 Å². The molecule has 0 unspecified atom stereocenters. The number of fused-ring (bicyclic) bond motifs is 6. The predicted molar refractivity (Wildman–Crippen MR) is 245 cm³/mol. The normalized spacial score (nSPS) is 23.2. The lowest BCUT2D eigenvalue weighted by atomic mass is 9.60. The summed E-state index contributed by atoms with van der Waals surface area (Å²) >= 11 is 0. The number of pyridine rings is 2. The van der Waals surface area contributed by atoms with Crippen molar-refractivity contribution in [2.45, 2.75) is 100 Å². The van der Waals surface area contributed by atoms with E-state index in [4.69, 9.17) is 14.7 Å². The molecule has 3 spiro atoms. The maximum atomic E-state index is 14.6. The number of aliphatic hydroxyl groups is 1. The molecule has 4 fully saturated rings. The summed E-state index contributed by atoms with van der Waals surface area (Å²) in [5.74, 6) is 1.17. The third kappa shape index (κ3) is 7.66. The number of anilines is 1. The minimum atomic E-state index is -0.666. The Labute approximate surface area is 381 Å². The highest BCUT2D eigenvalue weighted by molar-refractivity contribution is 5.99. The Kier molecular flexibility index (Phi) is 9.88. The van der Waals surface area contributed by atoms with Crippen molar-refractivity contribution in [1.82, 2.24) is 34.5 Å². The van der Waals surface area contributed by atoms with E-state index in [1.807, 2.05) is 39.2 Å². The average molecular weight is 877 g/mol. The monoisotopic (exact) mass is 876 g/mol. The van der Waals surface area contributed by atoms with Crippen LogP contribution in [0.1, 0.15) is 99.5 Å². The van der Waals surface area contributed by atoms with Crippen LogP contribution in [0.25, 0.3) is 0 Å². The van der Waals surface area contributed by atoms with Gasteiger partial charge < -0.3 is 29.9 Å². The van der Waals surface area contributed by atoms with Crippen LogP contribution < -0.4 is 10.1 Å². The summed E-state index contributed by atoms with van der Waals surface area (Å²) in [6, 6.07) is 21.2. The second kappa shape index (κ2) is 15.6. The highest BCUT2D eigenvalue weighted by Crippen LogP contribution is 2.54. The quantitative estimate of drug-likeness (QED) is 0.205. The highest BCUT2D eigenvalue weighted by Gasteiger charge is 2.55. The molecule has 5 aliphatic heterocycles. The van der Waals surface area contributed by atoms with Gasteiger partial charge >= 0.3 is 0 Å². The van der Waals surface area contributed by atoms with Crippen LogP contribution in [0.5, 0.6) is 5.88 Å². The zero-order valence-electron chi connectivity index (χ0n) is 37.5. The Bertz CT molecular complexity index is 2560. The van der Waals surface area contributed by atoms with E-state index in [0.29, 0.717) is 44.2 Å². The number of carbonyl (C=O) groups is 3. The van der Waals surface area contributed by atoms with E-state index in [1.54, 1.807) is 6.92 Å². The molecule has 1 saturated heterocycles. The Morgan fingerprint density at radius 1 is 0.738 bits per heavy atom. The van der Waals surface area contributed by atoms with Gasteiger partial charge in [0.1, 0.15) is 11.9 Å². The van der Waals surface area contributed by atoms with Gasteiger partial charge in [0.05, 0.1) is 18.2 Å². The molecule has 13 nitrogen and oxygen atoms in total. The predicted octanol–water partition coefficient (Wildman–Crippen LogP) is 4.80. The van der Waals surface area contributed by atoms with E-state index in [1.165, 1.54) is 22.3 Å². The molecule has 0 radical (unpaired) electrons. The molecule has 3 aliphatic carbocycles. The van der Waals surface area contributed by atoms with Gasteiger partial charge in [-0.1, -0.05) is 48.5 Å². The minimum Gasteiger partial charge on any atom is -0.471 e. The number of amides is 3. The van der Waals surface area contributed by atoms with Crippen molar-refractivity contribution >= 4 is 23.5 Å². The van der Waals surface area contributed by atoms with Gasteiger partial charge in [-0.15, -0.1) is 0 Å². The first-order valence-electron chi connectivity index (χ1n) is 24.1. The molecule has 7 heterocycles. The molecule has 8 aliphatic rings. The number of nitrogens with one attached hydrogen (secondary N) is 1. The van der Waals surface area contributed by atoms with Crippen molar-refractivity contribution in [3.63, 3.8) is 0 Å². The second-order valence-electron chi connectivity index (χ2n) is 21.1. The first kappa shape index (κ1) is 41.1. The van der Waals surface area contributed by atoms with Crippen molar-refractivity contribution in [3.8, 4) is 5.88 Å². The third-order valence-corrected chi connectivity index (χ3v) is 16.4. The van der Waals surface area contributed by atoms with Gasteiger partial charge in [0.25, 0.3) is 11.8 Å². The third-order valence-electron chi connectivity index (χ3n) is 16.4. The highest BCUT2D eigenvalue weighted by atomic mass is 16.5. The van der Waals surface area contributed by atoms with E-state index in [2.05, 4.69) is 63.6 Å². The zero-order chi connectivity index (χ0) is 44.1. The molecule has 3 amide bonds. The number of nitrogens with zero attached hydrogens (tertiary/aromatic N) is 7. The fourth-order valence-electron chi connectivity index (χ4n) is 12.5. The number of β-amino-alcohol motifs (C(OH)–C–C–N with tert-alkyl or cyclic N) is 1. The van der Waals surface area contributed by atoms with E-state index in [9.17, 15) is 19.5 Å². The lowest BCUT2D eigenvalue weighted by Crippen LogP contribution is -2.65. The number of ether oxygens (including phenoxy) is 1. The van der Waals surface area contributed by atoms with Crippen LogP contribution >= 0.6 is 0 Å². The van der Waals surface area contributed by atoms with Crippen LogP contribution in [0, 0.1) is 5.41 Å². The zero-order valence-corrected chi connectivity index (χ0v) is 37.5. The van der Waals surface area contributed by atoms with E-state index < -0.39 is 12.2 Å². The molecule has 2 N–H and O–H groups in total. The molecule has 65 heavy (non-hydrogen) atoms. The van der Waals surface area contributed by atoms with E-state index >= 15 is 0 Å². The van der Waals surface area contributed by atoms with Gasteiger partial charge in [0, 0.05) is 125 Å². The Morgan fingerprint density at radius 2 is 1.29 bits per heavy atom. The summed E-state index contributed by atoms with van der Waals surface area (Å²) in [6.07, 6.45) is 10.6. The van der Waals surface area contributed by atoms with Crippen molar-refractivity contribution in [2.24, 2.45) is 5.41 Å². The SMILES string of the molecule is CC(=O)N1CC2(CC(Nc3cc4c(cn3)C3(CC3)CN(C[C@@H](CN3CCc5ccccc5C3)Oc3cc5c(cn3)C3(CC3)CN(C[C@H](O)CN3CCc6ccccc6C3)C5=O)C4=O)C2)C1. The fourth-order valence-corrected chi connectivity index (χ4v) is 12.5. The standard InChI is InChI=1S/C52H60N8O5/c1-34(61)60-30-50(31-60)20-39(21-50)55-46-18-42-44(22-53-46)52(14-15-52)33-59(48(42)63)29-41(28-57-17-11-36-7-3-5-9-38(36)25-57)65-47-19-43-45(23-54-47)51(12-13-51)32-58(49(43)64)27-40(62)26-56-16-10-35-6-2-4-8-37(35)24-56/h2-9,18-19,22-23,39-41,62H,10-17,20-21,24-33H2,1H3,(H,53,55)/t40-,41-/m1/s1. The fraction of sp³-hybridized carbons (Fsp3) is 0.519. The Balaban J connectivity index is 0.767. The molecule has 13 heteroatoms. The number of likely N-dealkylation sites (tertiary alicyclic amines) is 1. The Hall–Kier alpha value is -5.37. The lowest BCUT2D eigenvalue weighted by molar-refractivity contribution is -0.148. The summed E-state index contributed by atoms with van der Waals surface area (Å²) in [7, 11) is 0. The summed E-state index contributed by atoms with van der Waals surface area (Å²) in [5, 5.41) is 15.0. The summed E-state index contributed by atoms with van der Waals surface area (Å²) in [5.41, 5.74) is 8.72. The van der Waals surface area contributed by atoms with Crippen LogP contribution in [0.15, 0.2) is 73.1 Å². The van der Waals surface area contributed by atoms with Crippen molar-refractivity contribution in [2.75, 3.05) is 70.8 Å². The van der Waals surface area contributed by atoms with Crippen molar-refractivity contribution in [3.05, 3.63) is 118 Å². The number of benzene rings is 2. The first-order valence-corrected chi connectivity index (χ1v) is 24.1. The average Bonchev–Trinajstić information content (AvgIpc) is 4.22. The number of rotatable bonds is 12. The molecule has 4 aromatic rings. The molecule has 12 rings (SSSR count). The van der Waals surface area contributed by atoms with Gasteiger partial charge in [-0.25, -0.2) is 9.97 Å². The maximum absolute atomic E-state index is 14.6. The molecule has 2 aromatic carbocycles. The molecule has 2 atom stereocenters. The number of hydrogen-bond acceptors (Lipinski definition) is 10. The minimum absolute atomic E-state index is 0.00560. The molecular formula is C52H60N8O5. The molecule has 338 valence electrons. The maximum Gasteiger partial charge on any atom is 0.254 e. The summed E-state index contributed by atoms with van der Waals surface area (Å²) in [4.78, 5) is 61.1. The summed E-state index contributed by atoms with van der Waals surface area (Å²) < 4.78 is 6.92. The topological polar surface area (TPSA) is 135 Å². The van der Waals surface area contributed by atoms with Crippen LogP contribution in [-0.2, 0) is 41.6 Å². The van der Waals surface area contributed by atoms with Crippen molar-refractivity contribution < 1.29 is 24.2 Å². The van der Waals surface area contributed by atoms with E-state index in [-0.39, 0.29) is 46.6 Å². The smallest absolute Gasteiger partial charge is 0.254 e. The van der Waals surface area contributed by atoms with Gasteiger partial charge in [-0.05, 0) is 90.8 Å². The van der Waals surface area contributed by atoms with Gasteiger partial charge in [0.2, 0.25) is 11.8 Å². The number of aromatic nitrogens is 2. The van der Waals surface area contributed by atoms with Crippen LogP contribution in [0.3, 0.4) is 0 Å². The van der Waals surface area contributed by atoms with Gasteiger partial charge in [-0.3, -0.25) is 24.2 Å². The largest absolute Gasteiger partial charge is 0.471 e. The number of aliphatic hydroxyl groups excluding tert-OH is 1. The second-order valence-corrected chi connectivity index (χ2v) is 21.1. The van der Waals surface area contributed by atoms with Gasteiger partial charge in [0.15, 0.2) is 0 Å². The summed E-state index contributed by atoms with van der Waals surface area (Å²) in [6.45, 7) is 9.67.